The lowest BCUT2D eigenvalue weighted by atomic mass is 10.6. The van der Waals surface area contributed by atoms with E-state index in [1.807, 2.05) is 0 Å². The van der Waals surface area contributed by atoms with E-state index < -0.39 is 9.84 Å². The molecule has 0 aromatic heterocycles. The quantitative estimate of drug-likeness (QED) is 0.475. The molecule has 0 spiro atoms. The van der Waals surface area contributed by atoms with Crippen molar-refractivity contribution in [2.45, 2.75) is 0 Å². The molecule has 0 atom stereocenters. The first-order valence-corrected chi connectivity index (χ1v) is 4.86. The molecular formula is C5H10N2O2S. The van der Waals surface area contributed by atoms with E-state index in [9.17, 15) is 8.42 Å². The van der Waals surface area contributed by atoms with Gasteiger partial charge < -0.3 is 4.90 Å². The molecule has 0 radical (unpaired) electrons. The van der Waals surface area contributed by atoms with Gasteiger partial charge in [-0.2, -0.15) is 0 Å². The van der Waals surface area contributed by atoms with E-state index >= 15 is 0 Å². The van der Waals surface area contributed by atoms with E-state index in [2.05, 4.69) is 4.99 Å². The van der Waals surface area contributed by atoms with E-state index in [1.165, 1.54) is 6.26 Å². The summed E-state index contributed by atoms with van der Waals surface area (Å²) in [7, 11) is -1.35. The molecule has 58 valence electrons. The number of hydrogen-bond donors (Lipinski definition) is 0. The molecule has 0 saturated carbocycles. The van der Waals surface area contributed by atoms with Crippen LogP contribution in [0.2, 0.25) is 0 Å². The van der Waals surface area contributed by atoms with Crippen LogP contribution >= 0.6 is 0 Å². The third-order valence-electron chi connectivity index (χ3n) is 1.34. The number of aliphatic imine (C=N–C) groups is 1. The summed E-state index contributed by atoms with van der Waals surface area (Å²) >= 11 is 0. The molecule has 0 amide bonds. The van der Waals surface area contributed by atoms with Gasteiger partial charge in [0.2, 0.25) is 15.0 Å². The average molecular weight is 162 g/mol. The van der Waals surface area contributed by atoms with Gasteiger partial charge in [0.05, 0.1) is 6.54 Å². The van der Waals surface area contributed by atoms with Crippen molar-refractivity contribution in [3.8, 4) is 0 Å². The van der Waals surface area contributed by atoms with Gasteiger partial charge in [0.25, 0.3) is 0 Å². The third kappa shape index (κ3) is 1.29. The SMILES string of the molecule is CN1CCN=C1S(C)(=O)=O. The fourth-order valence-electron chi connectivity index (χ4n) is 0.912. The molecule has 1 rings (SSSR count). The number of sulfone groups is 1. The Kier molecular flexibility index (Phi) is 1.68. The Labute approximate surface area is 60.5 Å². The third-order valence-corrected chi connectivity index (χ3v) is 2.44. The number of amidine groups is 1. The molecule has 0 aromatic carbocycles. The maximum atomic E-state index is 10.9. The van der Waals surface area contributed by atoms with Crippen LogP contribution in [-0.4, -0.2) is 44.9 Å². The molecule has 0 unspecified atom stereocenters. The zero-order valence-electron chi connectivity index (χ0n) is 6.03. The fraction of sp³-hybridized carbons (Fsp3) is 0.800. The van der Waals surface area contributed by atoms with Crippen molar-refractivity contribution in [2.24, 2.45) is 4.99 Å². The lowest BCUT2D eigenvalue weighted by Gasteiger charge is -2.10. The first-order valence-electron chi connectivity index (χ1n) is 2.97. The van der Waals surface area contributed by atoms with Crippen molar-refractivity contribution >= 4 is 15.0 Å². The van der Waals surface area contributed by atoms with Crippen molar-refractivity contribution in [1.29, 1.82) is 0 Å². The summed E-state index contributed by atoms with van der Waals surface area (Å²) in [6.07, 6.45) is 1.17. The molecule has 0 fully saturated rings. The number of nitrogens with zero attached hydrogens (tertiary/aromatic N) is 2. The standard InChI is InChI=1S/C5H10N2O2S/c1-7-4-3-6-5(7)10(2,8)9/h3-4H2,1-2H3. The Morgan fingerprint density at radius 1 is 1.60 bits per heavy atom. The molecule has 1 heterocycles. The van der Waals surface area contributed by atoms with Crippen LogP contribution in [0.1, 0.15) is 0 Å². The molecule has 10 heavy (non-hydrogen) atoms. The Hall–Kier alpha value is -0.580. The van der Waals surface area contributed by atoms with Crippen LogP contribution in [0.25, 0.3) is 0 Å². The van der Waals surface area contributed by atoms with Crippen LogP contribution in [-0.2, 0) is 9.84 Å². The summed E-state index contributed by atoms with van der Waals surface area (Å²) in [5, 5.41) is 0.215. The largest absolute Gasteiger partial charge is 0.349 e. The molecule has 0 bridgehead atoms. The van der Waals surface area contributed by atoms with Gasteiger partial charge >= 0.3 is 0 Å². The van der Waals surface area contributed by atoms with Crippen molar-refractivity contribution < 1.29 is 8.42 Å². The van der Waals surface area contributed by atoms with Gasteiger partial charge in [-0.3, -0.25) is 4.99 Å². The zero-order valence-corrected chi connectivity index (χ0v) is 6.85. The summed E-state index contributed by atoms with van der Waals surface area (Å²) in [5.41, 5.74) is 0. The van der Waals surface area contributed by atoms with Crippen LogP contribution in [0.15, 0.2) is 4.99 Å². The first-order chi connectivity index (χ1) is 4.52. The minimum atomic E-state index is -3.08. The Morgan fingerprint density at radius 2 is 2.20 bits per heavy atom. The van der Waals surface area contributed by atoms with Crippen molar-refractivity contribution in [2.75, 3.05) is 26.4 Å². The van der Waals surface area contributed by atoms with Crippen LogP contribution in [0.4, 0.5) is 0 Å². The predicted molar refractivity (Wildman–Crippen MR) is 39.8 cm³/mol. The van der Waals surface area contributed by atoms with Crippen molar-refractivity contribution in [1.82, 2.24) is 4.90 Å². The smallest absolute Gasteiger partial charge is 0.218 e. The molecule has 0 saturated heterocycles. The molecule has 0 aromatic rings. The summed E-state index contributed by atoms with van der Waals surface area (Å²) in [5.74, 6) is 0. The van der Waals surface area contributed by atoms with Gasteiger partial charge in [-0.1, -0.05) is 0 Å². The van der Waals surface area contributed by atoms with E-state index in [0.29, 0.717) is 13.1 Å². The van der Waals surface area contributed by atoms with E-state index in [4.69, 9.17) is 0 Å². The maximum absolute atomic E-state index is 10.9. The lowest BCUT2D eigenvalue weighted by Crippen LogP contribution is -2.28. The molecule has 1 aliphatic rings. The Bertz CT molecular complexity index is 255. The van der Waals surface area contributed by atoms with Crippen LogP contribution < -0.4 is 0 Å². The Morgan fingerprint density at radius 3 is 2.40 bits per heavy atom. The molecule has 4 nitrogen and oxygen atoms in total. The fourth-order valence-corrected chi connectivity index (χ4v) is 1.90. The molecule has 1 aliphatic heterocycles. The van der Waals surface area contributed by atoms with Gasteiger partial charge in [-0.15, -0.1) is 0 Å². The highest BCUT2D eigenvalue weighted by Gasteiger charge is 2.21. The highest BCUT2D eigenvalue weighted by Crippen LogP contribution is 2.02. The second-order valence-corrected chi connectivity index (χ2v) is 4.27. The zero-order chi connectivity index (χ0) is 7.78. The highest BCUT2D eigenvalue weighted by molar-refractivity contribution is 8.05. The van der Waals surface area contributed by atoms with Crippen molar-refractivity contribution in [3.05, 3.63) is 0 Å². The van der Waals surface area contributed by atoms with E-state index in [0.717, 1.165) is 0 Å². The summed E-state index contributed by atoms with van der Waals surface area (Å²) in [4.78, 5) is 5.49. The summed E-state index contributed by atoms with van der Waals surface area (Å²) < 4.78 is 21.7. The van der Waals surface area contributed by atoms with Gasteiger partial charge in [0, 0.05) is 19.8 Å². The first kappa shape index (κ1) is 7.53. The number of rotatable bonds is 0. The van der Waals surface area contributed by atoms with Gasteiger partial charge in [-0.25, -0.2) is 8.42 Å². The number of likely N-dealkylation sites (N-methyl/N-ethyl adjacent to an activating group) is 1. The Balaban J connectivity index is 2.94. The molecule has 5 heteroatoms. The van der Waals surface area contributed by atoms with Crippen LogP contribution in [0, 0.1) is 0 Å². The average Bonchev–Trinajstić information content (AvgIpc) is 2.11. The summed E-state index contributed by atoms with van der Waals surface area (Å²) in [6, 6.07) is 0. The normalized spacial score (nSPS) is 19.4. The minimum absolute atomic E-state index is 0.215. The van der Waals surface area contributed by atoms with Crippen LogP contribution in [0.3, 0.4) is 0 Å². The van der Waals surface area contributed by atoms with Crippen molar-refractivity contribution in [3.63, 3.8) is 0 Å². The van der Waals surface area contributed by atoms with Gasteiger partial charge in [0.15, 0.2) is 0 Å². The van der Waals surface area contributed by atoms with Crippen LogP contribution in [0.5, 0.6) is 0 Å². The lowest BCUT2D eigenvalue weighted by molar-refractivity contribution is 0.553. The molecular weight excluding hydrogens is 152 g/mol. The summed E-state index contributed by atoms with van der Waals surface area (Å²) in [6.45, 7) is 1.31. The van der Waals surface area contributed by atoms with E-state index in [1.54, 1.807) is 11.9 Å². The van der Waals surface area contributed by atoms with Gasteiger partial charge in [-0.05, 0) is 0 Å². The maximum Gasteiger partial charge on any atom is 0.218 e. The van der Waals surface area contributed by atoms with Gasteiger partial charge in [0.1, 0.15) is 0 Å². The molecule has 0 N–H and O–H groups in total. The monoisotopic (exact) mass is 162 g/mol. The minimum Gasteiger partial charge on any atom is -0.349 e. The predicted octanol–water partition coefficient (Wildman–Crippen LogP) is -0.668. The number of hydrogen-bond acceptors (Lipinski definition) is 4. The second-order valence-electron chi connectivity index (χ2n) is 2.36. The topological polar surface area (TPSA) is 49.7 Å². The second kappa shape index (κ2) is 2.23. The molecule has 0 aliphatic carbocycles. The van der Waals surface area contributed by atoms with E-state index in [-0.39, 0.29) is 5.17 Å². The highest BCUT2D eigenvalue weighted by atomic mass is 32.2.